The molecule has 32 heavy (non-hydrogen) atoms. The maximum atomic E-state index is 12.8. The van der Waals surface area contributed by atoms with Gasteiger partial charge in [-0.25, -0.2) is 4.79 Å². The Balaban J connectivity index is 5.23. The summed E-state index contributed by atoms with van der Waals surface area (Å²) in [7, 11) is 0. The molecule has 5 atom stereocenters. The summed E-state index contributed by atoms with van der Waals surface area (Å²) in [6.45, 7) is 4.05. The van der Waals surface area contributed by atoms with Gasteiger partial charge in [0.05, 0.1) is 12.5 Å². The van der Waals surface area contributed by atoms with Crippen LogP contribution in [0.15, 0.2) is 0 Å². The Morgan fingerprint density at radius 3 is 2.00 bits per heavy atom. The summed E-state index contributed by atoms with van der Waals surface area (Å²) in [5.74, 6) is -5.50. The van der Waals surface area contributed by atoms with Crippen LogP contribution >= 0.6 is 12.6 Å². The van der Waals surface area contributed by atoms with Crippen molar-refractivity contribution in [2.45, 2.75) is 70.1 Å². The second-order valence-corrected chi connectivity index (χ2v) is 7.87. The molecule has 0 bridgehead atoms. The van der Waals surface area contributed by atoms with Crippen molar-refractivity contribution in [3.05, 3.63) is 0 Å². The Bertz CT molecular complexity index is 664. The van der Waals surface area contributed by atoms with E-state index in [-0.39, 0.29) is 11.7 Å². The summed E-state index contributed by atoms with van der Waals surface area (Å²) in [4.78, 5) is 59.6. The highest BCUT2D eigenvalue weighted by Gasteiger charge is 2.32. The number of thiol groups is 1. The van der Waals surface area contributed by atoms with Gasteiger partial charge < -0.3 is 37.6 Å². The molecule has 0 aliphatic heterocycles. The third-order valence-corrected chi connectivity index (χ3v) is 5.27. The molecule has 0 aromatic heterocycles. The van der Waals surface area contributed by atoms with Gasteiger partial charge in [0.2, 0.25) is 17.7 Å². The average molecular weight is 478 g/mol. The molecule has 12 nitrogen and oxygen atoms in total. The smallest absolute Gasteiger partial charge is 0.326 e. The van der Waals surface area contributed by atoms with E-state index in [1.54, 1.807) is 6.92 Å². The molecular weight excluding hydrogens is 442 g/mol. The lowest BCUT2D eigenvalue weighted by atomic mass is 9.97. The van der Waals surface area contributed by atoms with Gasteiger partial charge in [-0.1, -0.05) is 26.7 Å². The molecule has 9 N–H and O–H groups in total. The van der Waals surface area contributed by atoms with E-state index >= 15 is 0 Å². The molecule has 0 aliphatic carbocycles. The van der Waals surface area contributed by atoms with E-state index in [4.69, 9.17) is 21.7 Å². The van der Waals surface area contributed by atoms with Crippen molar-refractivity contribution in [2.24, 2.45) is 17.4 Å². The Morgan fingerprint density at radius 1 is 0.938 bits per heavy atom. The molecule has 0 aliphatic rings. The van der Waals surface area contributed by atoms with Gasteiger partial charge in [-0.05, 0) is 25.3 Å². The van der Waals surface area contributed by atoms with Crippen LogP contribution in [0.25, 0.3) is 0 Å². The number of hydrogen-bond acceptors (Lipinski definition) is 8. The van der Waals surface area contributed by atoms with Gasteiger partial charge in [0.25, 0.3) is 0 Å². The fourth-order valence-electron chi connectivity index (χ4n) is 2.70. The Labute approximate surface area is 192 Å². The first-order valence-electron chi connectivity index (χ1n) is 10.4. The lowest BCUT2D eigenvalue weighted by Crippen LogP contribution is -2.59. The van der Waals surface area contributed by atoms with Crippen molar-refractivity contribution in [3.63, 3.8) is 0 Å². The van der Waals surface area contributed by atoms with Crippen molar-refractivity contribution in [1.29, 1.82) is 0 Å². The molecule has 5 unspecified atom stereocenters. The molecule has 13 heteroatoms. The Morgan fingerprint density at radius 2 is 1.53 bits per heavy atom. The zero-order valence-corrected chi connectivity index (χ0v) is 19.3. The first-order chi connectivity index (χ1) is 15.0. The number of carbonyl (C=O) groups excluding carboxylic acids is 3. The van der Waals surface area contributed by atoms with Crippen LogP contribution in [0.3, 0.4) is 0 Å². The third kappa shape index (κ3) is 10.8. The van der Waals surface area contributed by atoms with Gasteiger partial charge in [-0.2, -0.15) is 12.6 Å². The number of nitrogens with one attached hydrogen (secondary N) is 3. The van der Waals surface area contributed by atoms with Crippen LogP contribution < -0.4 is 27.4 Å². The number of carboxylic acid groups (broad SMARTS) is 2. The predicted molar refractivity (Wildman–Crippen MR) is 120 cm³/mol. The van der Waals surface area contributed by atoms with E-state index in [2.05, 4.69) is 28.6 Å². The van der Waals surface area contributed by atoms with Gasteiger partial charge >= 0.3 is 11.9 Å². The van der Waals surface area contributed by atoms with E-state index in [0.29, 0.717) is 32.2 Å². The summed E-state index contributed by atoms with van der Waals surface area (Å²) in [5.41, 5.74) is 11.3. The molecule has 0 saturated heterocycles. The van der Waals surface area contributed by atoms with Gasteiger partial charge in [-0.3, -0.25) is 19.2 Å². The van der Waals surface area contributed by atoms with Gasteiger partial charge in [-0.15, -0.1) is 0 Å². The lowest BCUT2D eigenvalue weighted by Gasteiger charge is -2.27. The van der Waals surface area contributed by atoms with Crippen LogP contribution in [-0.2, 0) is 24.0 Å². The highest BCUT2D eigenvalue weighted by Crippen LogP contribution is 2.10. The third-order valence-electron chi connectivity index (χ3n) is 4.91. The highest BCUT2D eigenvalue weighted by molar-refractivity contribution is 7.80. The Kier molecular flexibility index (Phi) is 14.3. The standard InChI is InChI=1S/C19H35N5O7S/c1-3-10(2)15(24-16(27)11(21)6-4-5-7-20)18(29)23-13(9-32)17(28)22-12(19(30)31)8-14(25)26/h10-13,15,32H,3-9,20-21H2,1-2H3,(H,22,28)(H,23,29)(H,24,27)(H,25,26)(H,30,31). The van der Waals surface area contributed by atoms with E-state index in [1.807, 2.05) is 6.92 Å². The van der Waals surface area contributed by atoms with Crippen molar-refractivity contribution in [2.75, 3.05) is 12.3 Å². The van der Waals surface area contributed by atoms with Crippen molar-refractivity contribution in [3.8, 4) is 0 Å². The summed E-state index contributed by atoms with van der Waals surface area (Å²) < 4.78 is 0. The first kappa shape index (κ1) is 29.6. The van der Waals surface area contributed by atoms with Gasteiger partial charge in [0.15, 0.2) is 0 Å². The van der Waals surface area contributed by atoms with E-state index < -0.39 is 60.2 Å². The summed E-state index contributed by atoms with van der Waals surface area (Å²) in [5, 5.41) is 25.0. The number of aliphatic carboxylic acids is 2. The molecule has 0 rings (SSSR count). The number of carboxylic acids is 2. The minimum Gasteiger partial charge on any atom is -0.481 e. The quantitative estimate of drug-likeness (QED) is 0.0950. The van der Waals surface area contributed by atoms with Crippen LogP contribution in [0, 0.1) is 5.92 Å². The number of carbonyl (C=O) groups is 5. The molecule has 0 aromatic rings. The van der Waals surface area contributed by atoms with Crippen molar-refractivity contribution >= 4 is 42.3 Å². The zero-order chi connectivity index (χ0) is 24.8. The van der Waals surface area contributed by atoms with Crippen LogP contribution in [0.5, 0.6) is 0 Å². The minimum absolute atomic E-state index is 0.184. The van der Waals surface area contributed by atoms with E-state index in [1.165, 1.54) is 0 Å². The molecule has 0 spiro atoms. The zero-order valence-electron chi connectivity index (χ0n) is 18.4. The largest absolute Gasteiger partial charge is 0.481 e. The minimum atomic E-state index is -1.67. The average Bonchev–Trinajstić information content (AvgIpc) is 2.73. The second kappa shape index (κ2) is 15.4. The second-order valence-electron chi connectivity index (χ2n) is 7.50. The van der Waals surface area contributed by atoms with Crippen LogP contribution in [0.4, 0.5) is 0 Å². The molecule has 0 aromatic carbocycles. The SMILES string of the molecule is CCC(C)C(NC(=O)C(N)CCCCN)C(=O)NC(CS)C(=O)NC(CC(=O)O)C(=O)O. The molecule has 0 fully saturated rings. The van der Waals surface area contributed by atoms with Crippen molar-refractivity contribution in [1.82, 2.24) is 16.0 Å². The van der Waals surface area contributed by atoms with Crippen LogP contribution in [0.1, 0.15) is 46.0 Å². The summed E-state index contributed by atoms with van der Waals surface area (Å²) >= 11 is 4.01. The normalized spacial score (nSPS) is 15.5. The maximum Gasteiger partial charge on any atom is 0.326 e. The molecule has 0 heterocycles. The monoisotopic (exact) mass is 477 g/mol. The molecule has 0 saturated carbocycles. The van der Waals surface area contributed by atoms with E-state index in [0.717, 1.165) is 0 Å². The van der Waals surface area contributed by atoms with Crippen LogP contribution in [0.2, 0.25) is 0 Å². The highest BCUT2D eigenvalue weighted by atomic mass is 32.1. The van der Waals surface area contributed by atoms with Crippen molar-refractivity contribution < 1.29 is 34.2 Å². The maximum absolute atomic E-state index is 12.8. The number of hydrogen-bond donors (Lipinski definition) is 8. The summed E-state index contributed by atoms with van der Waals surface area (Å²) in [6, 6.07) is -4.73. The molecule has 3 amide bonds. The van der Waals surface area contributed by atoms with E-state index in [9.17, 15) is 24.0 Å². The molecular formula is C19H35N5O7S. The van der Waals surface area contributed by atoms with Crippen LogP contribution in [-0.4, -0.2) is 76.3 Å². The summed E-state index contributed by atoms with van der Waals surface area (Å²) in [6.07, 6.45) is 1.49. The lowest BCUT2D eigenvalue weighted by molar-refractivity contribution is -0.147. The molecule has 184 valence electrons. The van der Waals surface area contributed by atoms with Gasteiger partial charge in [0, 0.05) is 5.75 Å². The number of nitrogens with two attached hydrogens (primary N) is 2. The number of rotatable bonds is 16. The fraction of sp³-hybridized carbons (Fsp3) is 0.737. The Hall–Kier alpha value is -2.38. The predicted octanol–water partition coefficient (Wildman–Crippen LogP) is -1.57. The fourth-order valence-corrected chi connectivity index (χ4v) is 2.96. The van der Waals surface area contributed by atoms with Gasteiger partial charge in [0.1, 0.15) is 18.1 Å². The number of amides is 3. The molecule has 0 radical (unpaired) electrons. The number of unbranched alkanes of at least 4 members (excludes halogenated alkanes) is 1. The topological polar surface area (TPSA) is 214 Å². The first-order valence-corrected chi connectivity index (χ1v) is 11.0.